The number of rotatable bonds is 3. The van der Waals surface area contributed by atoms with Crippen LogP contribution in [0.5, 0.6) is 0 Å². The lowest BCUT2D eigenvalue weighted by Crippen LogP contribution is -2.25. The highest BCUT2D eigenvalue weighted by Crippen LogP contribution is 2.17. The highest BCUT2D eigenvalue weighted by atomic mass is 14.8. The van der Waals surface area contributed by atoms with Crippen molar-refractivity contribution in [2.24, 2.45) is 5.41 Å². The minimum atomic E-state index is -0.411. The molecule has 0 aliphatic rings. The summed E-state index contributed by atoms with van der Waals surface area (Å²) in [5.74, 6) is 0. The van der Waals surface area contributed by atoms with Crippen LogP contribution >= 0.6 is 0 Å². The quantitative estimate of drug-likeness (QED) is 0.539. The molecule has 0 unspecified atom stereocenters. The smallest absolute Gasteiger partial charge is 0.234 e. The molecule has 0 bridgehead atoms. The Balaban J connectivity index is 4.20. The Bertz CT molecular complexity index is 195. The van der Waals surface area contributed by atoms with Crippen LogP contribution in [0.1, 0.15) is 6.92 Å². The van der Waals surface area contributed by atoms with Gasteiger partial charge in [-0.25, -0.2) is 19.7 Å². The van der Waals surface area contributed by atoms with E-state index in [0.29, 0.717) is 0 Å². The summed E-state index contributed by atoms with van der Waals surface area (Å²) in [7, 11) is 0. The van der Waals surface area contributed by atoms with Gasteiger partial charge in [-0.1, -0.05) is 0 Å². The SMILES string of the molecule is [C-]#[N+]CC(C)(C[N+]#[C-])C[N+]#[C-]. The summed E-state index contributed by atoms with van der Waals surface area (Å²) >= 11 is 0. The van der Waals surface area contributed by atoms with Crippen molar-refractivity contribution in [2.75, 3.05) is 19.6 Å². The predicted octanol–water partition coefficient (Wildman–Crippen LogP) is 1.75. The van der Waals surface area contributed by atoms with Gasteiger partial charge in [0.1, 0.15) is 0 Å². The van der Waals surface area contributed by atoms with Gasteiger partial charge in [0.25, 0.3) is 0 Å². The van der Waals surface area contributed by atoms with Crippen molar-refractivity contribution in [3.63, 3.8) is 0 Å². The average molecular weight is 147 g/mol. The van der Waals surface area contributed by atoms with Gasteiger partial charge in [-0.2, -0.15) is 0 Å². The summed E-state index contributed by atoms with van der Waals surface area (Å²) in [4.78, 5) is 9.62. The van der Waals surface area contributed by atoms with E-state index < -0.39 is 5.41 Å². The molecule has 0 radical (unpaired) electrons. The minimum absolute atomic E-state index is 0.276. The van der Waals surface area contributed by atoms with Crippen molar-refractivity contribution in [3.05, 3.63) is 34.3 Å². The number of hydrogen-bond acceptors (Lipinski definition) is 0. The summed E-state index contributed by atoms with van der Waals surface area (Å²) in [6, 6.07) is 0. The third kappa shape index (κ3) is 3.23. The molecule has 0 aromatic rings. The van der Waals surface area contributed by atoms with Crippen LogP contribution < -0.4 is 0 Å². The van der Waals surface area contributed by atoms with Gasteiger partial charge in [-0.15, -0.1) is 0 Å². The highest BCUT2D eigenvalue weighted by molar-refractivity contribution is 4.93. The second-order valence-corrected chi connectivity index (χ2v) is 2.76. The van der Waals surface area contributed by atoms with E-state index in [4.69, 9.17) is 19.7 Å². The lowest BCUT2D eigenvalue weighted by molar-refractivity contribution is 0.429. The fourth-order valence-electron chi connectivity index (χ4n) is 0.723. The minimum Gasteiger partial charge on any atom is -0.316 e. The molecule has 0 saturated heterocycles. The first-order valence-electron chi connectivity index (χ1n) is 3.18. The lowest BCUT2D eigenvalue weighted by atomic mass is 9.91. The fraction of sp³-hybridized carbons (Fsp3) is 0.625. The first kappa shape index (κ1) is 9.47. The molecule has 3 nitrogen and oxygen atoms in total. The van der Waals surface area contributed by atoms with E-state index in [0.717, 1.165) is 0 Å². The number of hydrogen-bond donors (Lipinski definition) is 0. The van der Waals surface area contributed by atoms with E-state index in [2.05, 4.69) is 14.5 Å². The van der Waals surface area contributed by atoms with Crippen molar-refractivity contribution in [1.29, 1.82) is 0 Å². The summed E-state index contributed by atoms with van der Waals surface area (Å²) < 4.78 is 0. The number of nitrogens with zero attached hydrogens (tertiary/aromatic N) is 3. The molecule has 11 heavy (non-hydrogen) atoms. The molecule has 3 heteroatoms. The third-order valence-electron chi connectivity index (χ3n) is 1.38. The molecule has 0 fully saturated rings. The molecule has 0 aromatic carbocycles. The van der Waals surface area contributed by atoms with Gasteiger partial charge < -0.3 is 14.5 Å². The van der Waals surface area contributed by atoms with Gasteiger partial charge in [-0.3, -0.25) is 0 Å². The Kier molecular flexibility index (Phi) is 3.71. The van der Waals surface area contributed by atoms with Crippen molar-refractivity contribution in [2.45, 2.75) is 6.92 Å². The van der Waals surface area contributed by atoms with Crippen molar-refractivity contribution in [3.8, 4) is 0 Å². The molecular weight excluding hydrogens is 138 g/mol. The summed E-state index contributed by atoms with van der Waals surface area (Å²) in [6.07, 6.45) is 0. The second-order valence-electron chi connectivity index (χ2n) is 2.76. The maximum absolute atomic E-state index is 6.63. The van der Waals surface area contributed by atoms with E-state index in [1.807, 2.05) is 0 Å². The maximum atomic E-state index is 6.63. The molecule has 0 saturated carbocycles. The topological polar surface area (TPSA) is 13.1 Å². The summed E-state index contributed by atoms with van der Waals surface area (Å²) in [6.45, 7) is 22.5. The van der Waals surface area contributed by atoms with Crippen LogP contribution in [0.25, 0.3) is 14.5 Å². The van der Waals surface area contributed by atoms with Gasteiger partial charge >= 0.3 is 0 Å². The van der Waals surface area contributed by atoms with Crippen LogP contribution in [-0.2, 0) is 0 Å². The van der Waals surface area contributed by atoms with Gasteiger partial charge in [-0.05, 0) is 6.92 Å². The van der Waals surface area contributed by atoms with E-state index >= 15 is 0 Å². The maximum Gasteiger partial charge on any atom is 0.234 e. The largest absolute Gasteiger partial charge is 0.316 e. The van der Waals surface area contributed by atoms with Crippen molar-refractivity contribution in [1.82, 2.24) is 0 Å². The Morgan fingerprint density at radius 3 is 1.36 bits per heavy atom. The Hall–Kier alpha value is -1.53. The molecule has 56 valence electrons. The van der Waals surface area contributed by atoms with Crippen LogP contribution in [0.15, 0.2) is 0 Å². The lowest BCUT2D eigenvalue weighted by Gasteiger charge is -2.08. The summed E-state index contributed by atoms with van der Waals surface area (Å²) in [5, 5.41) is 0. The fourth-order valence-corrected chi connectivity index (χ4v) is 0.723. The van der Waals surface area contributed by atoms with E-state index in [9.17, 15) is 0 Å². The van der Waals surface area contributed by atoms with Gasteiger partial charge in [0.05, 0.1) is 0 Å². The third-order valence-corrected chi connectivity index (χ3v) is 1.38. The molecule has 0 heterocycles. The average Bonchev–Trinajstić information content (AvgIpc) is 1.88. The van der Waals surface area contributed by atoms with Crippen LogP contribution in [0.3, 0.4) is 0 Å². The van der Waals surface area contributed by atoms with Crippen LogP contribution in [0, 0.1) is 25.1 Å². The van der Waals surface area contributed by atoms with E-state index in [1.165, 1.54) is 0 Å². The van der Waals surface area contributed by atoms with Crippen molar-refractivity contribution >= 4 is 0 Å². The molecule has 0 amide bonds. The molecule has 0 spiro atoms. The highest BCUT2D eigenvalue weighted by Gasteiger charge is 2.35. The van der Waals surface area contributed by atoms with Crippen LogP contribution in [0.4, 0.5) is 0 Å². The zero-order valence-corrected chi connectivity index (χ0v) is 6.46. The van der Waals surface area contributed by atoms with Gasteiger partial charge in [0.2, 0.25) is 19.6 Å². The zero-order valence-electron chi connectivity index (χ0n) is 6.46. The van der Waals surface area contributed by atoms with Gasteiger partial charge in [0, 0.05) is 0 Å². The van der Waals surface area contributed by atoms with E-state index in [1.54, 1.807) is 6.92 Å². The van der Waals surface area contributed by atoms with Crippen LogP contribution in [-0.4, -0.2) is 19.6 Å². The molecular formula is C8H9N3. The van der Waals surface area contributed by atoms with Crippen molar-refractivity contribution < 1.29 is 0 Å². The standard InChI is InChI=1S/C8H9N3/c1-8(5-9-2,6-10-3)7-11-4/h5-7H2,1H3. The molecule has 0 N–H and O–H groups in total. The second kappa shape index (κ2) is 4.31. The Labute approximate surface area is 67.1 Å². The molecule has 0 aliphatic heterocycles. The normalized spacial score (nSPS) is 9.27. The van der Waals surface area contributed by atoms with Gasteiger partial charge in [0.15, 0.2) is 5.41 Å². The molecule has 0 aromatic heterocycles. The Morgan fingerprint density at radius 2 is 1.18 bits per heavy atom. The van der Waals surface area contributed by atoms with E-state index in [-0.39, 0.29) is 19.6 Å². The zero-order chi connectivity index (χ0) is 8.74. The predicted molar refractivity (Wildman–Crippen MR) is 42.5 cm³/mol. The monoisotopic (exact) mass is 147 g/mol. The first-order valence-corrected chi connectivity index (χ1v) is 3.18. The Morgan fingerprint density at radius 1 is 0.909 bits per heavy atom. The molecule has 0 aliphatic carbocycles. The van der Waals surface area contributed by atoms with Crippen LogP contribution in [0.2, 0.25) is 0 Å². The molecule has 0 atom stereocenters. The molecule has 0 rings (SSSR count). The summed E-state index contributed by atoms with van der Waals surface area (Å²) in [5.41, 5.74) is -0.411. The first-order chi connectivity index (χ1) is 5.18.